The standard InChI is InChI=1S/C15H17FN2O3/c16-11-2-1-10-6-17(13-7-20-8-13)4-3-12-9-21-15(19)18(12)14(10)5-11/h1-2,5,12-13H,3-4,6-9H2/t12-/m0/s1. The molecule has 5 nitrogen and oxygen atoms in total. The fourth-order valence-corrected chi connectivity index (χ4v) is 3.22. The van der Waals surface area contributed by atoms with Crippen LogP contribution < -0.4 is 4.90 Å². The van der Waals surface area contributed by atoms with E-state index in [4.69, 9.17) is 9.47 Å². The minimum Gasteiger partial charge on any atom is -0.447 e. The largest absolute Gasteiger partial charge is 0.447 e. The van der Waals surface area contributed by atoms with Crippen LogP contribution in [0, 0.1) is 5.82 Å². The molecule has 0 saturated carbocycles. The normalized spacial score (nSPS) is 26.4. The quantitative estimate of drug-likeness (QED) is 0.791. The maximum atomic E-state index is 13.6. The van der Waals surface area contributed by atoms with Crippen molar-refractivity contribution in [2.45, 2.75) is 25.0 Å². The van der Waals surface area contributed by atoms with Crippen molar-refractivity contribution < 1.29 is 18.7 Å². The van der Waals surface area contributed by atoms with Gasteiger partial charge < -0.3 is 9.47 Å². The van der Waals surface area contributed by atoms with Gasteiger partial charge in [0.25, 0.3) is 0 Å². The van der Waals surface area contributed by atoms with Crippen LogP contribution in [0.4, 0.5) is 14.9 Å². The summed E-state index contributed by atoms with van der Waals surface area (Å²) >= 11 is 0. The summed E-state index contributed by atoms with van der Waals surface area (Å²) in [6.07, 6.45) is 0.463. The molecule has 1 aromatic carbocycles. The Morgan fingerprint density at radius 2 is 2.05 bits per heavy atom. The summed E-state index contributed by atoms with van der Waals surface area (Å²) in [5, 5.41) is 0. The first-order valence-electron chi connectivity index (χ1n) is 7.28. The minimum absolute atomic E-state index is 0.0122. The summed E-state index contributed by atoms with van der Waals surface area (Å²) in [7, 11) is 0. The highest BCUT2D eigenvalue weighted by molar-refractivity contribution is 5.91. The first-order valence-corrected chi connectivity index (χ1v) is 7.28. The number of halogens is 1. The van der Waals surface area contributed by atoms with E-state index in [0.717, 1.165) is 31.7 Å². The Morgan fingerprint density at radius 1 is 1.19 bits per heavy atom. The molecule has 0 spiro atoms. The third-order valence-electron chi connectivity index (χ3n) is 4.53. The molecule has 0 aliphatic carbocycles. The van der Waals surface area contributed by atoms with E-state index < -0.39 is 0 Å². The molecular weight excluding hydrogens is 275 g/mol. The van der Waals surface area contributed by atoms with Crippen LogP contribution in [0.15, 0.2) is 18.2 Å². The van der Waals surface area contributed by atoms with Gasteiger partial charge >= 0.3 is 6.09 Å². The van der Waals surface area contributed by atoms with Crippen LogP contribution in [0.2, 0.25) is 0 Å². The number of carbonyl (C=O) groups is 1. The van der Waals surface area contributed by atoms with Crippen molar-refractivity contribution in [3.05, 3.63) is 29.6 Å². The van der Waals surface area contributed by atoms with E-state index in [1.165, 1.54) is 12.1 Å². The van der Waals surface area contributed by atoms with Crippen LogP contribution in [0.25, 0.3) is 0 Å². The number of carbonyl (C=O) groups excluding carboxylic acids is 1. The Bertz CT molecular complexity index is 576. The van der Waals surface area contributed by atoms with Crippen LogP contribution in [0.1, 0.15) is 12.0 Å². The number of benzene rings is 1. The molecule has 2 fully saturated rings. The average molecular weight is 292 g/mol. The molecule has 0 aromatic heterocycles. The van der Waals surface area contributed by atoms with Gasteiger partial charge in [-0.2, -0.15) is 0 Å². The van der Waals surface area contributed by atoms with E-state index in [9.17, 15) is 9.18 Å². The highest BCUT2D eigenvalue weighted by atomic mass is 19.1. The van der Waals surface area contributed by atoms with Gasteiger partial charge in [-0.3, -0.25) is 9.80 Å². The van der Waals surface area contributed by atoms with Crippen LogP contribution in [0.5, 0.6) is 0 Å². The van der Waals surface area contributed by atoms with Gasteiger partial charge in [-0.1, -0.05) is 6.07 Å². The smallest absolute Gasteiger partial charge is 0.414 e. The third kappa shape index (κ3) is 2.18. The predicted molar refractivity (Wildman–Crippen MR) is 73.6 cm³/mol. The zero-order chi connectivity index (χ0) is 14.4. The average Bonchev–Trinajstić information content (AvgIpc) is 2.74. The molecule has 112 valence electrons. The van der Waals surface area contributed by atoms with E-state index in [1.54, 1.807) is 11.0 Å². The van der Waals surface area contributed by atoms with Crippen LogP contribution in [-0.2, 0) is 16.0 Å². The van der Waals surface area contributed by atoms with Gasteiger partial charge in [-0.25, -0.2) is 9.18 Å². The number of fused-ring (bicyclic) bond motifs is 3. The fraction of sp³-hybridized carbons (Fsp3) is 0.533. The Balaban J connectivity index is 1.73. The molecule has 0 radical (unpaired) electrons. The summed E-state index contributed by atoms with van der Waals surface area (Å²) in [6, 6.07) is 5.07. The molecule has 3 aliphatic rings. The Morgan fingerprint density at radius 3 is 2.81 bits per heavy atom. The maximum absolute atomic E-state index is 13.6. The number of cyclic esters (lactones) is 1. The predicted octanol–water partition coefficient (Wildman–Crippen LogP) is 1.76. The highest BCUT2D eigenvalue weighted by Crippen LogP contribution is 2.33. The topological polar surface area (TPSA) is 42.0 Å². The second kappa shape index (κ2) is 4.96. The summed E-state index contributed by atoms with van der Waals surface area (Å²) in [5.41, 5.74) is 1.61. The lowest BCUT2D eigenvalue weighted by Crippen LogP contribution is -2.51. The molecule has 6 heteroatoms. The molecule has 21 heavy (non-hydrogen) atoms. The molecule has 3 aliphatic heterocycles. The molecule has 1 amide bonds. The van der Waals surface area contributed by atoms with Crippen molar-refractivity contribution in [3.8, 4) is 0 Å². The summed E-state index contributed by atoms with van der Waals surface area (Å²) in [4.78, 5) is 16.0. The summed E-state index contributed by atoms with van der Waals surface area (Å²) in [6.45, 7) is 3.48. The summed E-state index contributed by atoms with van der Waals surface area (Å²) < 4.78 is 24.1. The van der Waals surface area contributed by atoms with E-state index >= 15 is 0 Å². The van der Waals surface area contributed by atoms with Gasteiger partial charge in [0, 0.05) is 13.1 Å². The van der Waals surface area contributed by atoms with Gasteiger partial charge in [-0.15, -0.1) is 0 Å². The van der Waals surface area contributed by atoms with Crippen molar-refractivity contribution in [2.24, 2.45) is 0 Å². The highest BCUT2D eigenvalue weighted by Gasteiger charge is 2.38. The monoisotopic (exact) mass is 292 g/mol. The van der Waals surface area contributed by atoms with Gasteiger partial charge in [0.05, 0.1) is 31.0 Å². The van der Waals surface area contributed by atoms with Crippen molar-refractivity contribution >= 4 is 11.8 Å². The zero-order valence-electron chi connectivity index (χ0n) is 11.6. The molecule has 3 heterocycles. The number of ether oxygens (including phenoxy) is 2. The van der Waals surface area contributed by atoms with E-state index in [2.05, 4.69) is 4.90 Å². The lowest BCUT2D eigenvalue weighted by Gasteiger charge is -2.40. The van der Waals surface area contributed by atoms with E-state index in [1.807, 2.05) is 0 Å². The van der Waals surface area contributed by atoms with E-state index in [0.29, 0.717) is 24.9 Å². The number of rotatable bonds is 1. The molecule has 1 aromatic rings. The SMILES string of the molecule is O=C1OC[C@@H]2CCN(C3COC3)Cc3ccc(F)cc3N12. The van der Waals surface area contributed by atoms with Crippen molar-refractivity contribution in [1.29, 1.82) is 0 Å². The van der Waals surface area contributed by atoms with Gasteiger partial charge in [-0.05, 0) is 24.1 Å². The molecule has 4 rings (SSSR count). The number of hydrogen-bond donors (Lipinski definition) is 0. The third-order valence-corrected chi connectivity index (χ3v) is 4.53. The molecule has 0 bridgehead atoms. The van der Waals surface area contributed by atoms with Gasteiger partial charge in [0.2, 0.25) is 0 Å². The van der Waals surface area contributed by atoms with Crippen LogP contribution in [-0.4, -0.2) is 49.4 Å². The Kier molecular flexibility index (Phi) is 3.08. The van der Waals surface area contributed by atoms with Crippen molar-refractivity contribution in [3.63, 3.8) is 0 Å². The zero-order valence-corrected chi connectivity index (χ0v) is 11.6. The second-order valence-corrected chi connectivity index (χ2v) is 5.82. The maximum Gasteiger partial charge on any atom is 0.414 e. The second-order valence-electron chi connectivity index (χ2n) is 5.82. The molecule has 1 atom stereocenters. The number of hydrogen-bond acceptors (Lipinski definition) is 4. The van der Waals surface area contributed by atoms with E-state index in [-0.39, 0.29) is 18.0 Å². The van der Waals surface area contributed by atoms with Crippen molar-refractivity contribution in [1.82, 2.24) is 4.90 Å². The van der Waals surface area contributed by atoms with Crippen molar-refractivity contribution in [2.75, 3.05) is 31.3 Å². The minimum atomic E-state index is -0.368. The van der Waals surface area contributed by atoms with Crippen LogP contribution in [0.3, 0.4) is 0 Å². The van der Waals surface area contributed by atoms with Gasteiger partial charge in [0.1, 0.15) is 12.4 Å². The first-order chi connectivity index (χ1) is 10.2. The molecule has 0 unspecified atom stereocenters. The Labute approximate surface area is 122 Å². The van der Waals surface area contributed by atoms with Gasteiger partial charge in [0.15, 0.2) is 0 Å². The first kappa shape index (κ1) is 13.0. The number of amides is 1. The lowest BCUT2D eigenvalue weighted by atomic mass is 10.0. The summed E-state index contributed by atoms with van der Waals surface area (Å²) in [5.74, 6) is -0.327. The fourth-order valence-electron chi connectivity index (χ4n) is 3.22. The molecule has 0 N–H and O–H groups in total. The Hall–Kier alpha value is -1.66. The number of nitrogens with zero attached hydrogens (tertiary/aromatic N) is 2. The molecule has 2 saturated heterocycles. The van der Waals surface area contributed by atoms with Crippen LogP contribution >= 0.6 is 0 Å². The molecular formula is C15H17FN2O3. The number of anilines is 1. The lowest BCUT2D eigenvalue weighted by molar-refractivity contribution is -0.0689.